The molecule has 0 saturated heterocycles. The summed E-state index contributed by atoms with van der Waals surface area (Å²) in [5.41, 5.74) is 1.90. The molecule has 346 valence electrons. The molecule has 62 heavy (non-hydrogen) atoms. The molecule has 0 amide bonds. The number of ether oxygens (including phenoxy) is 4. The van der Waals surface area contributed by atoms with Crippen LogP contribution in [0.3, 0.4) is 0 Å². The second kappa shape index (κ2) is 54.1. The van der Waals surface area contributed by atoms with Gasteiger partial charge in [0.1, 0.15) is 19.9 Å². The number of hydrogen-bond donors (Lipinski definition) is 0. The zero-order valence-corrected chi connectivity index (χ0v) is 40.6. The van der Waals surface area contributed by atoms with Crippen LogP contribution in [0.4, 0.5) is 0 Å². The molecule has 0 saturated carbocycles. The van der Waals surface area contributed by atoms with E-state index < -0.39 is 0 Å². The largest absolute Gasteiger partial charge is 0.502 e. The van der Waals surface area contributed by atoms with Gasteiger partial charge in [-0.25, -0.2) is 0 Å². The van der Waals surface area contributed by atoms with Gasteiger partial charge in [0, 0.05) is 49.3 Å². The topological polar surface area (TPSA) is 111 Å². The van der Waals surface area contributed by atoms with Crippen LogP contribution in [0.1, 0.15) is 89.9 Å². The van der Waals surface area contributed by atoms with Crippen molar-refractivity contribution >= 4 is 83.9 Å². The van der Waals surface area contributed by atoms with E-state index in [0.29, 0.717) is 13.3 Å². The summed E-state index contributed by atoms with van der Waals surface area (Å²) in [6.07, 6.45) is 51.8. The van der Waals surface area contributed by atoms with Crippen molar-refractivity contribution in [2.75, 3.05) is 88.2 Å². The summed E-state index contributed by atoms with van der Waals surface area (Å²) in [5.74, 6) is 5.78. The first-order chi connectivity index (χ1) is 31.0. The molecule has 11 rings (SSSR count). The second-order valence-electron chi connectivity index (χ2n) is 13.4. The number of rotatable bonds is 0. The maximum absolute atomic E-state index is 4.89. The second-order valence-corrected chi connectivity index (χ2v) is 17.3. The van der Waals surface area contributed by atoms with Crippen molar-refractivity contribution in [1.82, 2.24) is 0 Å². The third-order valence-electron chi connectivity index (χ3n) is 7.99. The Hall–Kier alpha value is -3.04. The molecule has 0 N–H and O–H groups in total. The van der Waals surface area contributed by atoms with Crippen molar-refractivity contribution in [2.24, 2.45) is 30.0 Å². The minimum absolute atomic E-state index is 0.569. The summed E-state index contributed by atoms with van der Waals surface area (Å²) in [7, 11) is 0. The lowest BCUT2D eigenvalue weighted by atomic mass is 10.1. The highest BCUT2D eigenvalue weighted by molar-refractivity contribution is 8.12. The normalized spacial score (nSPS) is 20.3. The van der Waals surface area contributed by atoms with Crippen LogP contribution in [0, 0.1) is 0 Å². The van der Waals surface area contributed by atoms with Crippen LogP contribution >= 0.6 is 47.0 Å². The molecule has 10 nitrogen and oxygen atoms in total. The van der Waals surface area contributed by atoms with Crippen LogP contribution in [-0.4, -0.2) is 125 Å². The standard InChI is InChI=1S/C6H11N.C6H10.C5H8O.C5H6O.C5H8S.C5H6S.C4H7N.2C3H5NO.2C3H5NS/c1-2-4-6-7-5-3-1;5*1-2-4-6-5-3-1;1-2-4-5-3-1;4*1-2-5-3-4-1/h5H,1-4,6H2;1-2H,3-6H2;2,4H,1,3,5H2;1-4H,5H2;2,4H,1,3,5H2;1-4H,5H2;3H,1-2,4H2;3H,1-2H2;1H,2-3H2;3H,1-2H2;1H,2-3H2. The lowest BCUT2D eigenvalue weighted by Crippen LogP contribution is -1.90. The highest BCUT2D eigenvalue weighted by Crippen LogP contribution is 2.12. The Morgan fingerprint density at radius 3 is 1.52 bits per heavy atom. The molecule has 10 heterocycles. The fourth-order valence-corrected chi connectivity index (χ4v) is 7.07. The maximum Gasteiger partial charge on any atom is 0.169 e. The summed E-state index contributed by atoms with van der Waals surface area (Å²) in [5, 5.41) is 4.28. The van der Waals surface area contributed by atoms with E-state index in [1.807, 2.05) is 89.9 Å². The number of thioether (sulfide) groups is 4. The molecule has 10 aliphatic heterocycles. The van der Waals surface area contributed by atoms with Crippen molar-refractivity contribution in [3.8, 4) is 0 Å². The van der Waals surface area contributed by atoms with Gasteiger partial charge in [0.25, 0.3) is 0 Å². The molecule has 1 aliphatic carbocycles. The van der Waals surface area contributed by atoms with Crippen molar-refractivity contribution in [1.29, 1.82) is 0 Å². The van der Waals surface area contributed by atoms with Crippen LogP contribution in [0.15, 0.2) is 114 Å². The summed E-state index contributed by atoms with van der Waals surface area (Å²) >= 11 is 7.38. The first-order valence-electron chi connectivity index (χ1n) is 22.3. The Bertz CT molecular complexity index is 1120. The van der Waals surface area contributed by atoms with E-state index in [0.717, 1.165) is 63.4 Å². The predicted molar refractivity (Wildman–Crippen MR) is 282 cm³/mol. The maximum atomic E-state index is 4.89. The Morgan fingerprint density at radius 1 is 0.419 bits per heavy atom. The zero-order chi connectivity index (χ0) is 43.8. The van der Waals surface area contributed by atoms with E-state index in [1.165, 1.54) is 108 Å². The fourth-order valence-electron chi connectivity index (χ4n) is 4.74. The van der Waals surface area contributed by atoms with E-state index in [4.69, 9.17) is 14.2 Å². The molecule has 14 heteroatoms. The smallest absolute Gasteiger partial charge is 0.169 e. The molecule has 0 unspecified atom stereocenters. The quantitative estimate of drug-likeness (QED) is 0.221. The summed E-state index contributed by atoms with van der Waals surface area (Å²) in [6, 6.07) is 0. The van der Waals surface area contributed by atoms with E-state index in [2.05, 4.69) is 75.9 Å². The molecule has 0 aromatic carbocycles. The van der Waals surface area contributed by atoms with Crippen molar-refractivity contribution in [2.45, 2.75) is 89.9 Å². The number of hydrogen-bond acceptors (Lipinski definition) is 14. The van der Waals surface area contributed by atoms with Gasteiger partial charge in [-0.05, 0) is 131 Å². The number of allylic oxidation sites excluding steroid dienone is 8. The van der Waals surface area contributed by atoms with Crippen LogP contribution < -0.4 is 0 Å². The van der Waals surface area contributed by atoms with E-state index in [9.17, 15) is 0 Å². The van der Waals surface area contributed by atoms with Gasteiger partial charge in [-0.2, -0.15) is 0 Å². The van der Waals surface area contributed by atoms with Gasteiger partial charge in [0.15, 0.2) is 6.40 Å². The third kappa shape index (κ3) is 51.3. The SMILES string of the molecule is C1=CCCCC1.C1=CCOC=C1.C1=CCSC=C1.C1=COCCC1.C1=CSCCC1.C1=NCCC1.C1=NCCCCC1.C1=NCCO1.C1=NCCS1.C1=NCOC1.C1=NCSC1. The van der Waals surface area contributed by atoms with E-state index in [-0.39, 0.29) is 0 Å². The molecule has 0 aromatic heterocycles. The zero-order valence-electron chi connectivity index (χ0n) is 37.3. The molecular formula is C48H76N6O4S4. The third-order valence-corrected chi connectivity index (χ3v) is 11.1. The average Bonchev–Trinajstić information content (AvgIpc) is 4.25. The fraction of sp³-hybridized carbons (Fsp3) is 0.583. The van der Waals surface area contributed by atoms with E-state index in [1.54, 1.807) is 30.5 Å². The first-order valence-corrected chi connectivity index (χ1v) is 26.6. The molecule has 0 aromatic rings. The van der Waals surface area contributed by atoms with Crippen molar-refractivity contribution < 1.29 is 18.9 Å². The predicted octanol–water partition coefficient (Wildman–Crippen LogP) is 12.4. The van der Waals surface area contributed by atoms with Crippen molar-refractivity contribution in [3.63, 3.8) is 0 Å². The number of aliphatic imine (C=N–C) groups is 6. The highest BCUT2D eigenvalue weighted by atomic mass is 32.2. The summed E-state index contributed by atoms with van der Waals surface area (Å²) in [4.78, 5) is 23.4. The van der Waals surface area contributed by atoms with Gasteiger partial charge < -0.3 is 18.9 Å². The summed E-state index contributed by atoms with van der Waals surface area (Å²) < 4.78 is 19.1. The Kier molecular flexibility index (Phi) is 49.7. The van der Waals surface area contributed by atoms with Crippen LogP contribution in [0.5, 0.6) is 0 Å². The Labute approximate surface area is 392 Å². The molecular weight excluding hydrogens is 853 g/mol. The van der Waals surface area contributed by atoms with Crippen LogP contribution in [0.25, 0.3) is 0 Å². The van der Waals surface area contributed by atoms with Crippen LogP contribution in [-0.2, 0) is 18.9 Å². The minimum Gasteiger partial charge on any atom is -0.502 e. The number of nitrogens with zero attached hydrogens (tertiary/aromatic N) is 6. The van der Waals surface area contributed by atoms with Crippen LogP contribution in [0.2, 0.25) is 0 Å². The molecule has 0 fully saturated rings. The van der Waals surface area contributed by atoms with E-state index >= 15 is 0 Å². The molecule has 0 radical (unpaired) electrons. The molecule has 0 bridgehead atoms. The monoisotopic (exact) mass is 928 g/mol. The average molecular weight is 929 g/mol. The van der Waals surface area contributed by atoms with Gasteiger partial charge in [-0.1, -0.05) is 49.0 Å². The van der Waals surface area contributed by atoms with Gasteiger partial charge in [-0.15, -0.1) is 47.0 Å². The lowest BCUT2D eigenvalue weighted by Gasteiger charge is -2.01. The Morgan fingerprint density at radius 2 is 1.24 bits per heavy atom. The molecule has 0 spiro atoms. The first kappa shape index (κ1) is 57.0. The molecule has 11 aliphatic rings. The van der Waals surface area contributed by atoms with Gasteiger partial charge in [-0.3, -0.25) is 30.0 Å². The lowest BCUT2D eigenvalue weighted by molar-refractivity contribution is 0.203. The minimum atomic E-state index is 0.569. The summed E-state index contributed by atoms with van der Waals surface area (Å²) in [6.45, 7) is 7.72. The van der Waals surface area contributed by atoms with Gasteiger partial charge >= 0.3 is 0 Å². The van der Waals surface area contributed by atoms with Crippen molar-refractivity contribution in [3.05, 3.63) is 84.1 Å². The van der Waals surface area contributed by atoms with Gasteiger partial charge in [0.2, 0.25) is 0 Å². The Balaban J connectivity index is 0.000000341. The molecule has 0 atom stereocenters. The highest BCUT2D eigenvalue weighted by Gasteiger charge is 1.91. The van der Waals surface area contributed by atoms with Gasteiger partial charge in [0.05, 0.1) is 43.7 Å².